The van der Waals surface area contributed by atoms with Crippen molar-refractivity contribution in [3.63, 3.8) is 0 Å². The summed E-state index contributed by atoms with van der Waals surface area (Å²) in [6, 6.07) is 13.3. The van der Waals surface area contributed by atoms with E-state index in [1.165, 1.54) is 0 Å². The van der Waals surface area contributed by atoms with Crippen molar-refractivity contribution in [1.82, 2.24) is 0 Å². The second kappa shape index (κ2) is 6.50. The number of thiocarbonyl (C=S) groups is 1. The molecule has 0 aliphatic carbocycles. The van der Waals surface area contributed by atoms with E-state index in [-0.39, 0.29) is 5.91 Å². The Bertz CT molecular complexity index is 675. The fourth-order valence-corrected chi connectivity index (χ4v) is 2.44. The Hall–Kier alpha value is -2.20. The maximum absolute atomic E-state index is 12.3. The Balaban J connectivity index is 2.18. The number of carbonyl (C=O) groups is 1. The summed E-state index contributed by atoms with van der Waals surface area (Å²) in [5, 5.41) is 2.92. The molecule has 0 radical (unpaired) electrons. The lowest BCUT2D eigenvalue weighted by Crippen LogP contribution is -2.14. The maximum atomic E-state index is 12.3. The molecule has 0 saturated carbocycles. The van der Waals surface area contributed by atoms with Crippen molar-refractivity contribution in [2.24, 2.45) is 5.73 Å². The number of nitrogens with two attached hydrogens (primary N) is 1. The Morgan fingerprint density at radius 1 is 1.14 bits per heavy atom. The van der Waals surface area contributed by atoms with E-state index >= 15 is 0 Å². The van der Waals surface area contributed by atoms with Gasteiger partial charge in [-0.05, 0) is 54.8 Å². The van der Waals surface area contributed by atoms with E-state index in [1.54, 1.807) is 6.07 Å². The fraction of sp³-hybridized carbons (Fsp3) is 0.176. The number of benzene rings is 2. The van der Waals surface area contributed by atoms with Gasteiger partial charge in [0.15, 0.2) is 0 Å². The molecular formula is C17H18N2OS. The topological polar surface area (TPSA) is 55.1 Å². The average molecular weight is 298 g/mol. The predicted molar refractivity (Wildman–Crippen MR) is 90.8 cm³/mol. The van der Waals surface area contributed by atoms with Crippen molar-refractivity contribution >= 4 is 28.8 Å². The van der Waals surface area contributed by atoms with Crippen LogP contribution in [0.3, 0.4) is 0 Å². The largest absolute Gasteiger partial charge is 0.393 e. The molecule has 3 N–H and O–H groups in total. The van der Waals surface area contributed by atoms with E-state index < -0.39 is 0 Å². The van der Waals surface area contributed by atoms with Gasteiger partial charge in [-0.3, -0.25) is 4.79 Å². The van der Waals surface area contributed by atoms with Crippen LogP contribution in [0.25, 0.3) is 0 Å². The Labute approximate surface area is 130 Å². The molecule has 0 fully saturated rings. The van der Waals surface area contributed by atoms with Crippen LogP contribution in [0.2, 0.25) is 0 Å². The number of carbonyl (C=O) groups excluding carboxylic acids is 1. The molecule has 0 aliphatic rings. The standard InChI is InChI=1S/C17H18N2OS/c1-11-6-12(2)8-15(7-11)19-17(20)14-5-3-4-13(9-14)10-16(18)21/h3-9H,10H2,1-2H3,(H2,18,21)(H,19,20). The highest BCUT2D eigenvalue weighted by molar-refractivity contribution is 7.80. The minimum Gasteiger partial charge on any atom is -0.393 e. The van der Waals surface area contributed by atoms with Crippen molar-refractivity contribution in [2.45, 2.75) is 20.3 Å². The van der Waals surface area contributed by atoms with E-state index in [0.717, 1.165) is 22.4 Å². The third kappa shape index (κ3) is 4.39. The van der Waals surface area contributed by atoms with Gasteiger partial charge in [0.25, 0.3) is 5.91 Å². The number of hydrogen-bond acceptors (Lipinski definition) is 2. The molecule has 0 unspecified atom stereocenters. The molecular weight excluding hydrogens is 280 g/mol. The molecule has 0 aliphatic heterocycles. The highest BCUT2D eigenvalue weighted by Gasteiger charge is 2.08. The second-order valence-electron chi connectivity index (χ2n) is 5.17. The number of anilines is 1. The van der Waals surface area contributed by atoms with Gasteiger partial charge in [-0.25, -0.2) is 0 Å². The van der Waals surface area contributed by atoms with E-state index in [0.29, 0.717) is 17.0 Å². The van der Waals surface area contributed by atoms with Crippen molar-refractivity contribution in [3.05, 3.63) is 64.7 Å². The lowest BCUT2D eigenvalue weighted by Gasteiger charge is -2.09. The van der Waals surface area contributed by atoms with Crippen LogP contribution in [0.5, 0.6) is 0 Å². The van der Waals surface area contributed by atoms with Crippen LogP contribution in [-0.4, -0.2) is 10.9 Å². The smallest absolute Gasteiger partial charge is 0.255 e. The summed E-state index contributed by atoms with van der Waals surface area (Å²) in [5.41, 5.74) is 10.1. The number of rotatable bonds is 4. The summed E-state index contributed by atoms with van der Waals surface area (Å²) in [5.74, 6) is -0.134. The Morgan fingerprint density at radius 3 is 2.43 bits per heavy atom. The van der Waals surface area contributed by atoms with E-state index in [4.69, 9.17) is 18.0 Å². The first-order chi connectivity index (χ1) is 9.94. The number of aryl methyl sites for hydroxylation is 2. The summed E-state index contributed by atoms with van der Waals surface area (Å²) in [4.78, 5) is 12.7. The average Bonchev–Trinajstić information content (AvgIpc) is 2.36. The first kappa shape index (κ1) is 15.2. The van der Waals surface area contributed by atoms with Gasteiger partial charge in [0.1, 0.15) is 0 Å². The third-order valence-electron chi connectivity index (χ3n) is 3.05. The molecule has 0 saturated heterocycles. The highest BCUT2D eigenvalue weighted by atomic mass is 32.1. The van der Waals surface area contributed by atoms with Crippen molar-refractivity contribution in [3.8, 4) is 0 Å². The molecule has 0 atom stereocenters. The molecule has 2 aromatic carbocycles. The summed E-state index contributed by atoms with van der Waals surface area (Å²) in [7, 11) is 0. The molecule has 3 nitrogen and oxygen atoms in total. The number of nitrogens with one attached hydrogen (secondary N) is 1. The van der Waals surface area contributed by atoms with E-state index in [2.05, 4.69) is 11.4 Å². The van der Waals surface area contributed by atoms with Crippen molar-refractivity contribution in [1.29, 1.82) is 0 Å². The summed E-state index contributed by atoms with van der Waals surface area (Å²) in [6.45, 7) is 4.01. The molecule has 21 heavy (non-hydrogen) atoms. The molecule has 4 heteroatoms. The first-order valence-electron chi connectivity index (χ1n) is 6.71. The lowest BCUT2D eigenvalue weighted by atomic mass is 10.1. The van der Waals surface area contributed by atoms with Gasteiger partial charge in [0.05, 0.1) is 4.99 Å². The predicted octanol–water partition coefficient (Wildman–Crippen LogP) is 3.38. The van der Waals surface area contributed by atoms with Gasteiger partial charge in [0.2, 0.25) is 0 Å². The number of hydrogen-bond donors (Lipinski definition) is 2. The molecule has 2 aromatic rings. The van der Waals surface area contributed by atoms with Gasteiger partial charge in [0, 0.05) is 17.7 Å². The summed E-state index contributed by atoms with van der Waals surface area (Å²) >= 11 is 4.90. The molecule has 0 aromatic heterocycles. The summed E-state index contributed by atoms with van der Waals surface area (Å²) < 4.78 is 0. The van der Waals surface area contributed by atoms with E-state index in [1.807, 2.05) is 44.2 Å². The van der Waals surface area contributed by atoms with Crippen LogP contribution < -0.4 is 11.1 Å². The van der Waals surface area contributed by atoms with Gasteiger partial charge in [-0.1, -0.05) is 30.4 Å². The third-order valence-corrected chi connectivity index (χ3v) is 3.19. The normalized spacial score (nSPS) is 10.2. The SMILES string of the molecule is Cc1cc(C)cc(NC(=O)c2cccc(CC(N)=S)c2)c1. The quantitative estimate of drug-likeness (QED) is 0.851. The van der Waals surface area contributed by atoms with Crippen LogP contribution >= 0.6 is 12.2 Å². The van der Waals surface area contributed by atoms with Crippen LogP contribution in [0.1, 0.15) is 27.0 Å². The van der Waals surface area contributed by atoms with Gasteiger partial charge >= 0.3 is 0 Å². The zero-order valence-electron chi connectivity index (χ0n) is 12.1. The summed E-state index contributed by atoms with van der Waals surface area (Å²) in [6.07, 6.45) is 0.500. The second-order valence-corrected chi connectivity index (χ2v) is 5.70. The molecule has 1 amide bonds. The molecule has 0 spiro atoms. The minimum atomic E-state index is -0.134. The molecule has 108 valence electrons. The monoisotopic (exact) mass is 298 g/mol. The molecule has 0 bridgehead atoms. The van der Waals surface area contributed by atoms with E-state index in [9.17, 15) is 4.79 Å². The molecule has 2 rings (SSSR count). The molecule has 0 heterocycles. The van der Waals surface area contributed by atoms with Crippen molar-refractivity contribution < 1.29 is 4.79 Å². The zero-order valence-corrected chi connectivity index (χ0v) is 13.0. The Morgan fingerprint density at radius 2 is 1.81 bits per heavy atom. The highest BCUT2D eigenvalue weighted by Crippen LogP contribution is 2.15. The lowest BCUT2D eigenvalue weighted by molar-refractivity contribution is 0.102. The van der Waals surface area contributed by atoms with Crippen molar-refractivity contribution in [2.75, 3.05) is 5.32 Å². The minimum absolute atomic E-state index is 0.134. The van der Waals surface area contributed by atoms with Gasteiger partial charge < -0.3 is 11.1 Å². The van der Waals surface area contributed by atoms with Crippen LogP contribution in [0, 0.1) is 13.8 Å². The number of amides is 1. The fourth-order valence-electron chi connectivity index (χ4n) is 2.27. The Kier molecular flexibility index (Phi) is 4.70. The first-order valence-corrected chi connectivity index (χ1v) is 7.12. The van der Waals surface area contributed by atoms with Gasteiger partial charge in [-0.2, -0.15) is 0 Å². The maximum Gasteiger partial charge on any atom is 0.255 e. The van der Waals surface area contributed by atoms with Crippen LogP contribution in [-0.2, 0) is 6.42 Å². The zero-order chi connectivity index (χ0) is 15.4. The van der Waals surface area contributed by atoms with Crippen LogP contribution in [0.15, 0.2) is 42.5 Å². The van der Waals surface area contributed by atoms with Gasteiger partial charge in [-0.15, -0.1) is 0 Å². The van der Waals surface area contributed by atoms with Crippen LogP contribution in [0.4, 0.5) is 5.69 Å².